The fraction of sp³-hybridized carbons (Fsp3) is 0.667. The van der Waals surface area contributed by atoms with E-state index in [0.717, 1.165) is 4.88 Å². The van der Waals surface area contributed by atoms with Crippen molar-refractivity contribution in [2.45, 2.75) is 51.3 Å². The maximum atomic E-state index is 12.7. The molecule has 0 aromatic carbocycles. The fourth-order valence-corrected chi connectivity index (χ4v) is 4.97. The maximum Gasteiger partial charge on any atom is 0.252 e. The molecule has 1 atom stereocenters. The first kappa shape index (κ1) is 19.1. The largest absolute Gasteiger partial charge is 0.356 e. The standard InChI is InChI=1S/C15H26N2O3S2/c1-11(15(3,4)5)17(6)22(19,20)14-8-7-13(21-14)9-10-16-12(2)18/h7-8,11H,9-10H2,1-6H3,(H,16,18)/t11-/m1/s1. The van der Waals surface area contributed by atoms with Crippen LogP contribution in [-0.2, 0) is 21.2 Å². The second kappa shape index (κ2) is 7.10. The average molecular weight is 347 g/mol. The molecule has 0 saturated carbocycles. The van der Waals surface area contributed by atoms with E-state index in [1.807, 2.05) is 33.8 Å². The SMILES string of the molecule is CC(=O)NCCc1ccc(S(=O)(=O)N(C)[C@H](C)C(C)(C)C)s1. The van der Waals surface area contributed by atoms with E-state index < -0.39 is 10.0 Å². The van der Waals surface area contributed by atoms with E-state index in [1.165, 1.54) is 22.6 Å². The highest BCUT2D eigenvalue weighted by molar-refractivity contribution is 7.91. The Bertz CT molecular complexity index is 615. The van der Waals surface area contributed by atoms with Gasteiger partial charge in [0, 0.05) is 31.4 Å². The zero-order chi connectivity index (χ0) is 17.1. The summed E-state index contributed by atoms with van der Waals surface area (Å²) >= 11 is 1.27. The number of carbonyl (C=O) groups excluding carboxylic acids is 1. The topological polar surface area (TPSA) is 66.5 Å². The van der Waals surface area contributed by atoms with Gasteiger partial charge in [-0.25, -0.2) is 8.42 Å². The van der Waals surface area contributed by atoms with Gasteiger partial charge >= 0.3 is 0 Å². The molecule has 126 valence electrons. The minimum absolute atomic E-state index is 0.0804. The van der Waals surface area contributed by atoms with Gasteiger partial charge in [-0.3, -0.25) is 4.79 Å². The number of sulfonamides is 1. The first-order valence-electron chi connectivity index (χ1n) is 7.27. The number of amides is 1. The van der Waals surface area contributed by atoms with Crippen LogP contribution in [0, 0.1) is 5.41 Å². The zero-order valence-electron chi connectivity index (χ0n) is 14.1. The first-order chi connectivity index (χ1) is 9.96. The van der Waals surface area contributed by atoms with E-state index in [-0.39, 0.29) is 17.4 Å². The average Bonchev–Trinajstić information content (AvgIpc) is 2.84. The summed E-state index contributed by atoms with van der Waals surface area (Å²) in [7, 11) is -1.85. The van der Waals surface area contributed by atoms with Crippen LogP contribution in [0.2, 0.25) is 0 Å². The van der Waals surface area contributed by atoms with Crippen molar-refractivity contribution >= 4 is 27.3 Å². The normalized spacial score (nSPS) is 14.1. The van der Waals surface area contributed by atoms with Crippen LogP contribution in [0.4, 0.5) is 0 Å². The molecule has 0 aliphatic rings. The second-order valence-corrected chi connectivity index (χ2v) is 9.91. The highest BCUT2D eigenvalue weighted by Crippen LogP contribution is 2.30. The Morgan fingerprint density at radius 3 is 2.45 bits per heavy atom. The molecule has 5 nitrogen and oxygen atoms in total. The maximum absolute atomic E-state index is 12.7. The molecule has 0 fully saturated rings. The van der Waals surface area contributed by atoms with Gasteiger partial charge in [0.2, 0.25) is 5.91 Å². The molecule has 0 unspecified atom stereocenters. The van der Waals surface area contributed by atoms with Gasteiger partial charge in [0.1, 0.15) is 4.21 Å². The molecular weight excluding hydrogens is 320 g/mol. The Morgan fingerprint density at radius 2 is 1.95 bits per heavy atom. The Labute approximate surface area is 137 Å². The lowest BCUT2D eigenvalue weighted by Gasteiger charge is -2.34. The fourth-order valence-electron chi connectivity index (χ4n) is 1.89. The summed E-state index contributed by atoms with van der Waals surface area (Å²) in [4.78, 5) is 11.8. The first-order valence-corrected chi connectivity index (χ1v) is 9.53. The molecule has 1 amide bonds. The number of hydrogen-bond acceptors (Lipinski definition) is 4. The van der Waals surface area contributed by atoms with Crippen LogP contribution in [0.15, 0.2) is 16.3 Å². The Hall–Kier alpha value is -0.920. The van der Waals surface area contributed by atoms with Gasteiger partial charge in [-0.15, -0.1) is 11.3 Å². The molecule has 0 saturated heterocycles. The quantitative estimate of drug-likeness (QED) is 0.860. The van der Waals surface area contributed by atoms with Gasteiger partial charge in [0.15, 0.2) is 0 Å². The van der Waals surface area contributed by atoms with Gasteiger partial charge in [-0.1, -0.05) is 20.8 Å². The molecule has 1 rings (SSSR count). The van der Waals surface area contributed by atoms with E-state index in [4.69, 9.17) is 0 Å². The number of nitrogens with zero attached hydrogens (tertiary/aromatic N) is 1. The second-order valence-electron chi connectivity index (χ2n) is 6.52. The molecule has 1 aromatic heterocycles. The summed E-state index contributed by atoms with van der Waals surface area (Å²) in [5.74, 6) is -0.0804. The van der Waals surface area contributed by atoms with Crippen LogP contribution < -0.4 is 5.32 Å². The monoisotopic (exact) mass is 346 g/mol. The predicted molar refractivity (Wildman–Crippen MR) is 90.6 cm³/mol. The molecule has 7 heteroatoms. The lowest BCUT2D eigenvalue weighted by molar-refractivity contribution is -0.118. The highest BCUT2D eigenvalue weighted by atomic mass is 32.2. The molecule has 0 aliphatic heterocycles. The summed E-state index contributed by atoms with van der Waals surface area (Å²) in [6.45, 7) is 9.98. The minimum atomic E-state index is -3.48. The number of hydrogen-bond donors (Lipinski definition) is 1. The minimum Gasteiger partial charge on any atom is -0.356 e. The van der Waals surface area contributed by atoms with E-state index in [2.05, 4.69) is 5.32 Å². The van der Waals surface area contributed by atoms with Crippen LogP contribution in [0.3, 0.4) is 0 Å². The Balaban J connectivity index is 2.86. The Morgan fingerprint density at radius 1 is 1.36 bits per heavy atom. The van der Waals surface area contributed by atoms with E-state index in [1.54, 1.807) is 13.1 Å². The van der Waals surface area contributed by atoms with E-state index >= 15 is 0 Å². The highest BCUT2D eigenvalue weighted by Gasteiger charge is 2.33. The molecule has 1 aromatic rings. The van der Waals surface area contributed by atoms with Crippen molar-refractivity contribution in [2.24, 2.45) is 5.41 Å². The lowest BCUT2D eigenvalue weighted by atomic mass is 9.88. The third-order valence-corrected chi connectivity index (χ3v) is 7.36. The van der Waals surface area contributed by atoms with Crippen LogP contribution >= 0.6 is 11.3 Å². The molecule has 0 spiro atoms. The molecule has 0 bridgehead atoms. The number of thiophene rings is 1. The smallest absolute Gasteiger partial charge is 0.252 e. The third-order valence-electron chi connectivity index (χ3n) is 3.81. The van der Waals surface area contributed by atoms with Crippen LogP contribution in [0.5, 0.6) is 0 Å². The molecular formula is C15H26N2O3S2. The van der Waals surface area contributed by atoms with Crippen LogP contribution in [0.1, 0.15) is 39.5 Å². The van der Waals surface area contributed by atoms with Gasteiger partial charge in [0.05, 0.1) is 0 Å². The van der Waals surface area contributed by atoms with Crippen molar-refractivity contribution in [3.8, 4) is 0 Å². The van der Waals surface area contributed by atoms with Crippen molar-refractivity contribution in [1.82, 2.24) is 9.62 Å². The van der Waals surface area contributed by atoms with E-state index in [9.17, 15) is 13.2 Å². The summed E-state index contributed by atoms with van der Waals surface area (Å²) < 4.78 is 27.2. The van der Waals surface area contributed by atoms with Crippen LogP contribution in [-0.4, -0.2) is 38.3 Å². The number of nitrogens with one attached hydrogen (secondary N) is 1. The van der Waals surface area contributed by atoms with Gasteiger partial charge in [-0.05, 0) is 30.9 Å². The summed E-state index contributed by atoms with van der Waals surface area (Å²) in [5, 5.41) is 2.71. The summed E-state index contributed by atoms with van der Waals surface area (Å²) in [6.07, 6.45) is 0.637. The molecule has 1 heterocycles. The third kappa shape index (κ3) is 4.79. The van der Waals surface area contributed by atoms with Gasteiger partial charge in [-0.2, -0.15) is 4.31 Å². The van der Waals surface area contributed by atoms with Gasteiger partial charge in [0.25, 0.3) is 10.0 Å². The molecule has 0 radical (unpaired) electrons. The van der Waals surface area contributed by atoms with Crippen LogP contribution in [0.25, 0.3) is 0 Å². The Kier molecular flexibility index (Phi) is 6.18. The van der Waals surface area contributed by atoms with Crippen molar-refractivity contribution in [2.75, 3.05) is 13.6 Å². The van der Waals surface area contributed by atoms with Gasteiger partial charge < -0.3 is 5.32 Å². The molecule has 1 N–H and O–H groups in total. The predicted octanol–water partition coefficient (Wildman–Crippen LogP) is 2.48. The van der Waals surface area contributed by atoms with Crippen molar-refractivity contribution in [1.29, 1.82) is 0 Å². The molecule has 0 aliphatic carbocycles. The number of rotatable bonds is 6. The van der Waals surface area contributed by atoms with Crippen molar-refractivity contribution in [3.63, 3.8) is 0 Å². The van der Waals surface area contributed by atoms with E-state index in [0.29, 0.717) is 17.2 Å². The lowest BCUT2D eigenvalue weighted by Crippen LogP contribution is -2.42. The number of carbonyl (C=O) groups is 1. The summed E-state index contributed by atoms with van der Waals surface area (Å²) in [6, 6.07) is 3.35. The summed E-state index contributed by atoms with van der Waals surface area (Å²) in [5.41, 5.74) is -0.132. The van der Waals surface area contributed by atoms with Crippen molar-refractivity contribution < 1.29 is 13.2 Å². The zero-order valence-corrected chi connectivity index (χ0v) is 15.8. The van der Waals surface area contributed by atoms with Crippen molar-refractivity contribution in [3.05, 3.63) is 17.0 Å². The molecule has 22 heavy (non-hydrogen) atoms.